The lowest BCUT2D eigenvalue weighted by Crippen LogP contribution is -3.13. The Kier molecular flexibility index (Phi) is 5.24. The van der Waals surface area contributed by atoms with E-state index < -0.39 is 10.0 Å². The molecular weight excluding hydrogens is 388 g/mol. The van der Waals surface area contributed by atoms with Gasteiger partial charge >= 0.3 is 0 Å². The second kappa shape index (κ2) is 7.70. The van der Waals surface area contributed by atoms with Crippen LogP contribution in [0.5, 0.6) is 0 Å². The first-order valence-electron chi connectivity index (χ1n) is 9.73. The third-order valence-corrected chi connectivity index (χ3v) is 7.50. The van der Waals surface area contributed by atoms with Gasteiger partial charge in [-0.2, -0.15) is 4.31 Å². The zero-order valence-electron chi connectivity index (χ0n) is 16.6. The molecule has 1 aliphatic rings. The highest BCUT2D eigenvalue weighted by Gasteiger charge is 2.30. The second-order valence-electron chi connectivity index (χ2n) is 7.59. The van der Waals surface area contributed by atoms with Crippen LogP contribution in [0.3, 0.4) is 0 Å². The molecular formula is C21H25N4O3S+. The molecule has 0 saturated carbocycles. The lowest BCUT2D eigenvalue weighted by molar-refractivity contribution is -0.917. The molecule has 29 heavy (non-hydrogen) atoms. The van der Waals surface area contributed by atoms with Gasteiger partial charge in [0.05, 0.1) is 31.1 Å². The lowest BCUT2D eigenvalue weighted by Gasteiger charge is -2.31. The SMILES string of the molecule is Cc1ccc(S(=O)(=O)N2CC[NH+](Cc3cc(=O)n4ccccc4n3)CC2)cc1C. The molecule has 0 aliphatic carbocycles. The fraction of sp³-hybridized carbons (Fsp3) is 0.333. The van der Waals surface area contributed by atoms with Gasteiger partial charge in [0.1, 0.15) is 17.9 Å². The fourth-order valence-electron chi connectivity index (χ4n) is 3.69. The van der Waals surface area contributed by atoms with E-state index in [9.17, 15) is 13.2 Å². The van der Waals surface area contributed by atoms with E-state index in [0.717, 1.165) is 16.8 Å². The van der Waals surface area contributed by atoms with Gasteiger partial charge in [0.25, 0.3) is 5.56 Å². The first-order valence-corrected chi connectivity index (χ1v) is 11.2. The number of nitrogens with zero attached hydrogens (tertiary/aromatic N) is 3. The monoisotopic (exact) mass is 413 g/mol. The number of quaternary nitrogens is 1. The molecule has 152 valence electrons. The van der Waals surface area contributed by atoms with Gasteiger partial charge in [-0.05, 0) is 49.2 Å². The van der Waals surface area contributed by atoms with Crippen LogP contribution in [0, 0.1) is 13.8 Å². The minimum Gasteiger partial charge on any atom is -0.328 e. The van der Waals surface area contributed by atoms with Crippen molar-refractivity contribution in [2.75, 3.05) is 26.2 Å². The Hall–Kier alpha value is -2.55. The van der Waals surface area contributed by atoms with E-state index >= 15 is 0 Å². The Balaban J connectivity index is 1.45. The normalized spacial score (nSPS) is 16.3. The van der Waals surface area contributed by atoms with Crippen molar-refractivity contribution in [2.24, 2.45) is 0 Å². The van der Waals surface area contributed by atoms with Crippen LogP contribution in [0.1, 0.15) is 16.8 Å². The van der Waals surface area contributed by atoms with E-state index in [1.165, 1.54) is 9.30 Å². The number of aryl methyl sites for hydroxylation is 2. The van der Waals surface area contributed by atoms with Crippen molar-refractivity contribution in [1.29, 1.82) is 0 Å². The summed E-state index contributed by atoms with van der Waals surface area (Å²) >= 11 is 0. The smallest absolute Gasteiger partial charge is 0.258 e. The molecule has 0 unspecified atom stereocenters. The van der Waals surface area contributed by atoms with Crippen molar-refractivity contribution < 1.29 is 13.3 Å². The highest BCUT2D eigenvalue weighted by Crippen LogP contribution is 2.19. The van der Waals surface area contributed by atoms with Crippen LogP contribution in [0.25, 0.3) is 5.65 Å². The standard InChI is InChI=1S/C21H24N4O3S/c1-16-6-7-19(13-17(16)2)29(27,28)24-11-9-23(10-12-24)15-18-14-21(26)25-8-4-3-5-20(25)22-18/h3-8,13-14H,9-12,15H2,1-2H3/p+1. The zero-order chi connectivity index (χ0) is 20.6. The Labute approximate surface area is 170 Å². The number of pyridine rings is 1. The number of rotatable bonds is 4. The summed E-state index contributed by atoms with van der Waals surface area (Å²) in [6.07, 6.45) is 1.71. The van der Waals surface area contributed by atoms with Crippen LogP contribution in [0.4, 0.5) is 0 Å². The topological polar surface area (TPSA) is 76.2 Å². The largest absolute Gasteiger partial charge is 0.328 e. The molecule has 1 fully saturated rings. The minimum atomic E-state index is -3.48. The summed E-state index contributed by atoms with van der Waals surface area (Å²) in [5.41, 5.74) is 3.33. The van der Waals surface area contributed by atoms with Gasteiger partial charge in [0, 0.05) is 12.3 Å². The zero-order valence-corrected chi connectivity index (χ0v) is 17.4. The third kappa shape index (κ3) is 3.96. The molecule has 7 nitrogen and oxygen atoms in total. The predicted molar refractivity (Wildman–Crippen MR) is 111 cm³/mol. The van der Waals surface area contributed by atoms with Gasteiger partial charge in [-0.25, -0.2) is 13.4 Å². The predicted octanol–water partition coefficient (Wildman–Crippen LogP) is 0.401. The number of hydrogen-bond donors (Lipinski definition) is 1. The summed E-state index contributed by atoms with van der Waals surface area (Å²) in [6.45, 7) is 6.78. The van der Waals surface area contributed by atoms with Crippen molar-refractivity contribution in [3.63, 3.8) is 0 Å². The van der Waals surface area contributed by atoms with Crippen molar-refractivity contribution >= 4 is 15.7 Å². The second-order valence-corrected chi connectivity index (χ2v) is 9.53. The summed E-state index contributed by atoms with van der Waals surface area (Å²) in [5.74, 6) is 0. The summed E-state index contributed by atoms with van der Waals surface area (Å²) < 4.78 is 29.0. The van der Waals surface area contributed by atoms with E-state index in [1.807, 2.05) is 32.0 Å². The third-order valence-electron chi connectivity index (χ3n) is 5.60. The molecule has 0 atom stereocenters. The number of aromatic nitrogens is 2. The maximum absolute atomic E-state index is 13.0. The average Bonchev–Trinajstić information content (AvgIpc) is 2.70. The highest BCUT2D eigenvalue weighted by molar-refractivity contribution is 7.89. The number of nitrogens with one attached hydrogen (secondary N) is 1. The Morgan fingerprint density at radius 2 is 1.79 bits per heavy atom. The first kappa shape index (κ1) is 19.8. The van der Waals surface area contributed by atoms with Crippen LogP contribution in [0.15, 0.2) is 58.4 Å². The van der Waals surface area contributed by atoms with Gasteiger partial charge in [-0.15, -0.1) is 0 Å². The number of sulfonamides is 1. The molecule has 1 aliphatic heterocycles. The van der Waals surface area contributed by atoms with E-state index in [-0.39, 0.29) is 5.56 Å². The average molecular weight is 414 g/mol. The molecule has 3 aromatic rings. The molecule has 4 rings (SSSR count). The van der Waals surface area contributed by atoms with Gasteiger partial charge < -0.3 is 4.90 Å². The van der Waals surface area contributed by atoms with Crippen LogP contribution in [0.2, 0.25) is 0 Å². The van der Waals surface area contributed by atoms with Crippen LogP contribution >= 0.6 is 0 Å². The van der Waals surface area contributed by atoms with E-state index in [4.69, 9.17) is 0 Å². The maximum Gasteiger partial charge on any atom is 0.258 e. The molecule has 0 bridgehead atoms. The van der Waals surface area contributed by atoms with Crippen LogP contribution < -0.4 is 10.5 Å². The van der Waals surface area contributed by atoms with Crippen molar-refractivity contribution in [2.45, 2.75) is 25.3 Å². The number of hydrogen-bond acceptors (Lipinski definition) is 4. The Morgan fingerprint density at radius 3 is 2.52 bits per heavy atom. The summed E-state index contributed by atoms with van der Waals surface area (Å²) in [6, 6.07) is 12.3. The minimum absolute atomic E-state index is 0.0963. The molecule has 1 saturated heterocycles. The molecule has 2 aromatic heterocycles. The van der Waals surface area contributed by atoms with E-state index in [2.05, 4.69) is 4.98 Å². The van der Waals surface area contributed by atoms with Gasteiger partial charge in [0.15, 0.2) is 0 Å². The van der Waals surface area contributed by atoms with Gasteiger partial charge in [0.2, 0.25) is 10.0 Å². The Bertz CT molecular complexity index is 1210. The molecule has 8 heteroatoms. The molecule has 3 heterocycles. The summed E-state index contributed by atoms with van der Waals surface area (Å²) in [7, 11) is -3.48. The van der Waals surface area contributed by atoms with Crippen LogP contribution in [-0.4, -0.2) is 48.3 Å². The van der Waals surface area contributed by atoms with Crippen molar-refractivity contribution in [3.05, 3.63) is 75.8 Å². The fourth-order valence-corrected chi connectivity index (χ4v) is 5.22. The molecule has 1 N–H and O–H groups in total. The van der Waals surface area contributed by atoms with Gasteiger partial charge in [-0.3, -0.25) is 9.20 Å². The lowest BCUT2D eigenvalue weighted by atomic mass is 10.1. The number of piperazine rings is 1. The van der Waals surface area contributed by atoms with E-state index in [0.29, 0.717) is 43.3 Å². The summed E-state index contributed by atoms with van der Waals surface area (Å²) in [5, 5.41) is 0. The highest BCUT2D eigenvalue weighted by atomic mass is 32.2. The molecule has 0 radical (unpaired) electrons. The van der Waals surface area contributed by atoms with Crippen molar-refractivity contribution in [3.8, 4) is 0 Å². The number of benzene rings is 1. The maximum atomic E-state index is 13.0. The molecule has 0 spiro atoms. The van der Waals surface area contributed by atoms with Crippen molar-refractivity contribution in [1.82, 2.24) is 13.7 Å². The summed E-state index contributed by atoms with van der Waals surface area (Å²) in [4.78, 5) is 18.4. The van der Waals surface area contributed by atoms with Gasteiger partial charge in [-0.1, -0.05) is 12.1 Å². The quantitative estimate of drug-likeness (QED) is 0.672. The first-order chi connectivity index (χ1) is 13.8. The Morgan fingerprint density at radius 1 is 1.03 bits per heavy atom. The molecule has 0 amide bonds. The van der Waals surface area contributed by atoms with E-state index in [1.54, 1.807) is 34.8 Å². The number of fused-ring (bicyclic) bond motifs is 1. The van der Waals surface area contributed by atoms with Crippen LogP contribution in [-0.2, 0) is 16.6 Å². The molecule has 1 aromatic carbocycles.